The Morgan fingerprint density at radius 3 is 1.59 bits per heavy atom. The van der Waals surface area contributed by atoms with E-state index in [1.807, 2.05) is 30.3 Å². The van der Waals surface area contributed by atoms with E-state index >= 15 is 0 Å². The molecule has 14 rings (SSSR count). The van der Waals surface area contributed by atoms with Gasteiger partial charge in [0.1, 0.15) is 11.2 Å². The summed E-state index contributed by atoms with van der Waals surface area (Å²) in [6, 6.07) is 77.2. The monoisotopic (exact) mass is 867 g/mol. The van der Waals surface area contributed by atoms with E-state index in [2.05, 4.69) is 202 Å². The van der Waals surface area contributed by atoms with E-state index in [1.165, 1.54) is 17.0 Å². The third kappa shape index (κ3) is 5.36. The zero-order chi connectivity index (χ0) is 45.0. The van der Waals surface area contributed by atoms with Crippen molar-refractivity contribution in [2.45, 2.75) is 0 Å². The highest BCUT2D eigenvalue weighted by molar-refractivity contribution is 6.25. The molecule has 4 aromatic heterocycles. The van der Waals surface area contributed by atoms with Gasteiger partial charge in [-0.1, -0.05) is 127 Å². The number of benzene rings is 10. The Bertz CT molecular complexity index is 4310. The van der Waals surface area contributed by atoms with Crippen LogP contribution in [0.25, 0.3) is 127 Å². The van der Waals surface area contributed by atoms with Crippen LogP contribution < -0.4 is 0 Å². The van der Waals surface area contributed by atoms with Gasteiger partial charge in [0.15, 0.2) is 0 Å². The van der Waals surface area contributed by atoms with Gasteiger partial charge in [-0.2, -0.15) is 5.26 Å². The highest BCUT2D eigenvalue weighted by atomic mass is 16.3. The van der Waals surface area contributed by atoms with Crippen LogP contribution in [0.4, 0.5) is 0 Å². The lowest BCUT2D eigenvalue weighted by molar-refractivity contribution is 0.673. The summed E-state index contributed by atoms with van der Waals surface area (Å²) in [4.78, 5) is 0. The Balaban J connectivity index is 1.12. The summed E-state index contributed by atoms with van der Waals surface area (Å²) < 4.78 is 13.8. The van der Waals surface area contributed by atoms with Crippen LogP contribution in [-0.4, -0.2) is 19.9 Å². The van der Waals surface area contributed by atoms with Crippen molar-refractivity contribution in [2.75, 3.05) is 0 Å². The molecule has 0 radical (unpaired) electrons. The zero-order valence-electron chi connectivity index (χ0n) is 36.5. The van der Waals surface area contributed by atoms with Crippen LogP contribution in [0.15, 0.2) is 217 Å². The highest BCUT2D eigenvalue weighted by Crippen LogP contribution is 2.45. The minimum Gasteiger partial charge on any atom is -0.455 e. The van der Waals surface area contributed by atoms with Crippen LogP contribution in [0.3, 0.4) is 0 Å². The largest absolute Gasteiger partial charge is 0.455 e. The molecule has 0 amide bonds. The van der Waals surface area contributed by atoms with Crippen molar-refractivity contribution in [1.29, 1.82) is 10.7 Å². The van der Waals surface area contributed by atoms with E-state index in [1.54, 1.807) is 0 Å². The Morgan fingerprint density at radius 1 is 0.412 bits per heavy atom. The SMILES string of the molecule is N#Cc1ccc(-n2c3ccc(-n4c5ccccc5c5ccccc54)cc3c3c4oc5ccccc5c4ccc32)c(-n2c3ccc(-c4ccccc4)cc3c3cc(-c4ccccc4)ccc32)c1C=N. The number of fused-ring (bicyclic) bond motifs is 13. The van der Waals surface area contributed by atoms with Crippen molar-refractivity contribution in [3.05, 3.63) is 223 Å². The second kappa shape index (κ2) is 14.5. The number of aromatic nitrogens is 3. The van der Waals surface area contributed by atoms with Gasteiger partial charge in [-0.3, -0.25) is 0 Å². The van der Waals surface area contributed by atoms with Crippen LogP contribution in [-0.2, 0) is 0 Å². The summed E-state index contributed by atoms with van der Waals surface area (Å²) in [5.74, 6) is 0. The van der Waals surface area contributed by atoms with Gasteiger partial charge in [0.25, 0.3) is 0 Å². The molecule has 14 aromatic rings. The molecule has 6 nitrogen and oxygen atoms in total. The smallest absolute Gasteiger partial charge is 0.145 e. The van der Waals surface area contributed by atoms with E-state index in [4.69, 9.17) is 9.83 Å². The quantitative estimate of drug-likeness (QED) is 0.169. The molecule has 0 aliphatic heterocycles. The Morgan fingerprint density at radius 2 is 0.956 bits per heavy atom. The molecule has 6 heteroatoms. The van der Waals surface area contributed by atoms with Gasteiger partial charge in [0, 0.05) is 55.2 Å². The maximum Gasteiger partial charge on any atom is 0.145 e. The lowest BCUT2D eigenvalue weighted by atomic mass is 10.0. The van der Waals surface area contributed by atoms with Gasteiger partial charge in [0.2, 0.25) is 0 Å². The van der Waals surface area contributed by atoms with Crippen LogP contribution in [0.1, 0.15) is 11.1 Å². The Labute approximate surface area is 389 Å². The maximum absolute atomic E-state index is 10.8. The molecule has 1 N–H and O–H groups in total. The van der Waals surface area contributed by atoms with Crippen LogP contribution in [0, 0.1) is 16.7 Å². The number of para-hydroxylation sites is 3. The molecule has 10 aromatic carbocycles. The van der Waals surface area contributed by atoms with Crippen LogP contribution >= 0.6 is 0 Å². The Kier molecular flexibility index (Phi) is 8.10. The molecule has 316 valence electrons. The summed E-state index contributed by atoms with van der Waals surface area (Å²) in [6.07, 6.45) is 1.34. The number of hydrogen-bond donors (Lipinski definition) is 1. The van der Waals surface area contributed by atoms with Gasteiger partial charge in [0.05, 0.1) is 61.5 Å². The molecule has 0 atom stereocenters. The number of nitriles is 1. The topological polar surface area (TPSA) is 75.6 Å². The van der Waals surface area contributed by atoms with E-state index < -0.39 is 0 Å². The van der Waals surface area contributed by atoms with Gasteiger partial charge >= 0.3 is 0 Å². The van der Waals surface area contributed by atoms with Crippen molar-refractivity contribution in [1.82, 2.24) is 13.7 Å². The molecule has 0 unspecified atom stereocenters. The standard InChI is InChI=1S/C62H37N5O/c63-36-42-25-30-58(61(51(42)37-64)67-54-28-23-40(38-13-3-1-4-14-38)33-48(54)49-34-41(24-29-55(49)67)39-15-5-2-6-16-39)66-56-31-26-43(65-52-20-10-7-17-44(52)45-18-8-11-21-53(45)65)35-50(56)60-57(66)32-27-47-46-19-9-12-22-59(46)68-62(47)60/h1-35,37,64H. The lowest BCUT2D eigenvalue weighted by Gasteiger charge is -2.20. The van der Waals surface area contributed by atoms with Crippen LogP contribution in [0.5, 0.6) is 0 Å². The third-order valence-corrected chi connectivity index (χ3v) is 14.0. The number of nitrogens with zero attached hydrogens (tertiary/aromatic N) is 4. The fraction of sp³-hybridized carbons (Fsp3) is 0. The molecule has 68 heavy (non-hydrogen) atoms. The number of rotatable bonds is 6. The molecule has 0 fully saturated rings. The molecule has 0 aliphatic rings. The number of hydrogen-bond acceptors (Lipinski definition) is 3. The van der Waals surface area contributed by atoms with Crippen molar-refractivity contribution in [3.63, 3.8) is 0 Å². The van der Waals surface area contributed by atoms with Gasteiger partial charge in [-0.05, 0) is 107 Å². The van der Waals surface area contributed by atoms with Gasteiger partial charge < -0.3 is 23.5 Å². The van der Waals surface area contributed by atoms with Gasteiger partial charge in [-0.25, -0.2) is 0 Å². The fourth-order valence-corrected chi connectivity index (χ4v) is 11.0. The zero-order valence-corrected chi connectivity index (χ0v) is 36.5. The average molecular weight is 868 g/mol. The number of furan rings is 1. The molecule has 0 aliphatic carbocycles. The number of nitrogens with one attached hydrogen (secondary N) is 1. The molecule has 4 heterocycles. The second-order valence-corrected chi connectivity index (χ2v) is 17.5. The maximum atomic E-state index is 10.8. The summed E-state index contributed by atoms with van der Waals surface area (Å²) in [5, 5.41) is 28.5. The molecule has 0 saturated carbocycles. The van der Waals surface area contributed by atoms with E-state index in [-0.39, 0.29) is 0 Å². The minimum absolute atomic E-state index is 0.421. The van der Waals surface area contributed by atoms with Gasteiger partial charge in [-0.15, -0.1) is 0 Å². The molecular formula is C62H37N5O. The predicted molar refractivity (Wildman–Crippen MR) is 280 cm³/mol. The van der Waals surface area contributed by atoms with E-state index in [0.29, 0.717) is 11.1 Å². The first-order valence-electron chi connectivity index (χ1n) is 22.8. The first-order valence-corrected chi connectivity index (χ1v) is 22.8. The van der Waals surface area contributed by atoms with E-state index in [9.17, 15) is 5.26 Å². The van der Waals surface area contributed by atoms with Crippen LogP contribution in [0.2, 0.25) is 0 Å². The van der Waals surface area contributed by atoms with Crippen molar-refractivity contribution in [2.24, 2.45) is 0 Å². The van der Waals surface area contributed by atoms with E-state index in [0.717, 1.165) is 116 Å². The predicted octanol–water partition coefficient (Wildman–Crippen LogP) is 16.1. The normalized spacial score (nSPS) is 11.9. The molecule has 0 bridgehead atoms. The Hall–Kier alpha value is -9.44. The molecular weight excluding hydrogens is 831 g/mol. The minimum atomic E-state index is 0.421. The fourth-order valence-electron chi connectivity index (χ4n) is 11.0. The first-order chi connectivity index (χ1) is 33.7. The average Bonchev–Trinajstić information content (AvgIpc) is 4.14. The third-order valence-electron chi connectivity index (χ3n) is 14.0. The molecule has 0 spiro atoms. The summed E-state index contributed by atoms with van der Waals surface area (Å²) >= 11 is 0. The summed E-state index contributed by atoms with van der Waals surface area (Å²) in [5.41, 5.74) is 15.8. The highest BCUT2D eigenvalue weighted by Gasteiger charge is 2.26. The summed E-state index contributed by atoms with van der Waals surface area (Å²) in [6.45, 7) is 0. The van der Waals surface area contributed by atoms with Crippen molar-refractivity contribution in [3.8, 4) is 45.4 Å². The molecule has 0 saturated heterocycles. The second-order valence-electron chi connectivity index (χ2n) is 17.5. The van der Waals surface area contributed by atoms with Crippen molar-refractivity contribution >= 4 is 93.6 Å². The summed E-state index contributed by atoms with van der Waals surface area (Å²) in [7, 11) is 0. The van der Waals surface area contributed by atoms with Crippen molar-refractivity contribution < 1.29 is 4.42 Å². The first kappa shape index (κ1) is 37.9. The lowest BCUT2D eigenvalue weighted by Crippen LogP contribution is -2.08.